The van der Waals surface area contributed by atoms with Crippen LogP contribution >= 0.6 is 0 Å². The number of amidine groups is 1. The van der Waals surface area contributed by atoms with Gasteiger partial charge in [-0.3, -0.25) is 0 Å². The molecule has 0 aromatic carbocycles. The van der Waals surface area contributed by atoms with Crippen molar-refractivity contribution in [2.75, 3.05) is 13.2 Å². The number of nitrogens with two attached hydrogens (primary N) is 1. The smallest absolute Gasteiger partial charge is 0.409 e. The largest absolute Gasteiger partial charge is 0.411 e. The lowest BCUT2D eigenvalue weighted by Crippen LogP contribution is -2.24. The first-order chi connectivity index (χ1) is 4.95. The Morgan fingerprint density at radius 1 is 1.55 bits per heavy atom. The topological polar surface area (TPSA) is 67.8 Å². The van der Waals surface area contributed by atoms with E-state index in [2.05, 4.69) is 9.89 Å². The maximum atomic E-state index is 11.3. The van der Waals surface area contributed by atoms with Crippen molar-refractivity contribution >= 4 is 5.84 Å². The second-order valence-electron chi connectivity index (χ2n) is 1.70. The number of oxime groups is 1. The van der Waals surface area contributed by atoms with Gasteiger partial charge >= 0.3 is 6.18 Å². The molecule has 0 bridgehead atoms. The highest BCUT2D eigenvalue weighted by Crippen LogP contribution is 2.13. The van der Waals surface area contributed by atoms with Crippen LogP contribution in [0.1, 0.15) is 0 Å². The van der Waals surface area contributed by atoms with Crippen LogP contribution in [0, 0.1) is 0 Å². The molecule has 4 nitrogen and oxygen atoms in total. The quantitative estimate of drug-likeness (QED) is 0.278. The molecule has 0 radical (unpaired) electrons. The van der Waals surface area contributed by atoms with Crippen LogP contribution in [-0.4, -0.2) is 30.4 Å². The van der Waals surface area contributed by atoms with Crippen molar-refractivity contribution in [3.8, 4) is 0 Å². The molecule has 0 heterocycles. The fourth-order valence-electron chi connectivity index (χ4n) is 0.300. The van der Waals surface area contributed by atoms with E-state index in [0.29, 0.717) is 0 Å². The molecule has 11 heavy (non-hydrogen) atoms. The number of halogens is 3. The second-order valence-corrected chi connectivity index (χ2v) is 1.70. The predicted octanol–water partition coefficient (Wildman–Crippen LogP) is 0.312. The third-order valence-corrected chi connectivity index (χ3v) is 0.644. The van der Waals surface area contributed by atoms with Gasteiger partial charge in [0, 0.05) is 0 Å². The highest BCUT2D eigenvalue weighted by Gasteiger charge is 2.27. The Hall–Kier alpha value is -0.980. The Kier molecular flexibility index (Phi) is 3.66. The molecule has 0 spiro atoms. The van der Waals surface area contributed by atoms with Crippen LogP contribution in [0.5, 0.6) is 0 Å². The zero-order valence-electron chi connectivity index (χ0n) is 5.43. The Balaban J connectivity index is 3.43. The molecule has 0 amide bonds. The highest BCUT2D eigenvalue weighted by atomic mass is 19.4. The molecule has 0 saturated carbocycles. The fourth-order valence-corrected chi connectivity index (χ4v) is 0.300. The van der Waals surface area contributed by atoms with Crippen molar-refractivity contribution in [1.82, 2.24) is 0 Å². The summed E-state index contributed by atoms with van der Waals surface area (Å²) in [5, 5.41) is 10.3. The molecule has 0 aliphatic rings. The summed E-state index contributed by atoms with van der Waals surface area (Å²) in [6, 6.07) is 0. The molecule has 0 aromatic heterocycles. The van der Waals surface area contributed by atoms with Gasteiger partial charge in [0.15, 0.2) is 5.84 Å². The zero-order chi connectivity index (χ0) is 8.91. The SMILES string of the molecule is N/C(COCC(F)(F)F)=N\O. The summed E-state index contributed by atoms with van der Waals surface area (Å²) in [6.07, 6.45) is -4.38. The number of nitrogens with zero attached hydrogens (tertiary/aromatic N) is 1. The van der Waals surface area contributed by atoms with Crippen LogP contribution in [0.4, 0.5) is 13.2 Å². The van der Waals surface area contributed by atoms with E-state index in [0.717, 1.165) is 0 Å². The highest BCUT2D eigenvalue weighted by molar-refractivity contribution is 5.80. The summed E-state index contributed by atoms with van der Waals surface area (Å²) in [4.78, 5) is 0. The minimum Gasteiger partial charge on any atom is -0.409 e. The first kappa shape index (κ1) is 10.0. The molecule has 0 aromatic rings. The van der Waals surface area contributed by atoms with E-state index in [9.17, 15) is 13.2 Å². The standard InChI is InChI=1S/C4H7F3N2O2/c5-4(6,7)2-11-1-3(8)9-10/h10H,1-2H2,(H2,8,9). The maximum Gasteiger partial charge on any atom is 0.411 e. The van der Waals surface area contributed by atoms with Crippen LogP contribution in [0.2, 0.25) is 0 Å². The van der Waals surface area contributed by atoms with Crippen LogP contribution in [0.15, 0.2) is 5.16 Å². The molecule has 7 heteroatoms. The molecule has 0 rings (SSSR count). The second kappa shape index (κ2) is 4.02. The molecule has 0 saturated heterocycles. The van der Waals surface area contributed by atoms with Gasteiger partial charge < -0.3 is 15.7 Å². The molecular weight excluding hydrogens is 165 g/mol. The van der Waals surface area contributed by atoms with Crippen molar-refractivity contribution in [3.05, 3.63) is 0 Å². The molecule has 0 aliphatic heterocycles. The van der Waals surface area contributed by atoms with Crippen LogP contribution in [-0.2, 0) is 4.74 Å². The first-order valence-electron chi connectivity index (χ1n) is 2.56. The molecule has 0 atom stereocenters. The molecule has 3 N–H and O–H groups in total. The number of alkyl halides is 3. The number of rotatable bonds is 3. The number of ether oxygens (including phenoxy) is 1. The minimum absolute atomic E-state index is 0.394. The van der Waals surface area contributed by atoms with Gasteiger partial charge in [0.1, 0.15) is 13.2 Å². The molecular formula is C4H7F3N2O2. The van der Waals surface area contributed by atoms with Crippen molar-refractivity contribution in [2.45, 2.75) is 6.18 Å². The minimum atomic E-state index is -4.38. The van der Waals surface area contributed by atoms with Crippen LogP contribution in [0.25, 0.3) is 0 Å². The lowest BCUT2D eigenvalue weighted by atomic mass is 10.6. The van der Waals surface area contributed by atoms with Crippen molar-refractivity contribution in [3.63, 3.8) is 0 Å². The van der Waals surface area contributed by atoms with Crippen LogP contribution in [0.3, 0.4) is 0 Å². The number of hydrogen-bond donors (Lipinski definition) is 2. The monoisotopic (exact) mass is 172 g/mol. The Bertz CT molecular complexity index is 145. The Morgan fingerprint density at radius 2 is 2.09 bits per heavy atom. The summed E-state index contributed by atoms with van der Waals surface area (Å²) in [6.45, 7) is -1.93. The van der Waals surface area contributed by atoms with E-state index in [-0.39, 0.29) is 0 Å². The fraction of sp³-hybridized carbons (Fsp3) is 0.750. The summed E-state index contributed by atoms with van der Waals surface area (Å²) >= 11 is 0. The van der Waals surface area contributed by atoms with Gasteiger partial charge in [-0.25, -0.2) is 0 Å². The zero-order valence-corrected chi connectivity index (χ0v) is 5.43. The van der Waals surface area contributed by atoms with Crippen molar-refractivity contribution in [2.24, 2.45) is 10.9 Å². The van der Waals surface area contributed by atoms with Gasteiger partial charge in [-0.1, -0.05) is 5.16 Å². The average molecular weight is 172 g/mol. The van der Waals surface area contributed by atoms with Gasteiger partial charge in [0.25, 0.3) is 0 Å². The molecule has 0 unspecified atom stereocenters. The maximum absolute atomic E-state index is 11.3. The van der Waals surface area contributed by atoms with Gasteiger partial charge in [-0.2, -0.15) is 13.2 Å². The number of hydrogen-bond acceptors (Lipinski definition) is 3. The van der Waals surface area contributed by atoms with E-state index in [1.54, 1.807) is 0 Å². The van der Waals surface area contributed by atoms with E-state index in [1.807, 2.05) is 0 Å². The van der Waals surface area contributed by atoms with Crippen molar-refractivity contribution in [1.29, 1.82) is 0 Å². The van der Waals surface area contributed by atoms with E-state index in [4.69, 9.17) is 10.9 Å². The molecule has 0 aliphatic carbocycles. The Morgan fingerprint density at radius 3 is 2.45 bits per heavy atom. The van der Waals surface area contributed by atoms with Gasteiger partial charge in [0.2, 0.25) is 0 Å². The van der Waals surface area contributed by atoms with Gasteiger partial charge in [-0.05, 0) is 0 Å². The summed E-state index contributed by atoms with van der Waals surface area (Å²) in [7, 11) is 0. The van der Waals surface area contributed by atoms with E-state index >= 15 is 0 Å². The van der Waals surface area contributed by atoms with Gasteiger partial charge in [0.05, 0.1) is 0 Å². The summed E-state index contributed by atoms with van der Waals surface area (Å²) in [5.74, 6) is -0.394. The van der Waals surface area contributed by atoms with E-state index < -0.39 is 25.2 Å². The Labute approximate surface area is 60.4 Å². The van der Waals surface area contributed by atoms with Crippen molar-refractivity contribution < 1.29 is 23.1 Å². The summed E-state index contributed by atoms with van der Waals surface area (Å²) < 4.78 is 38.0. The summed E-state index contributed by atoms with van der Waals surface area (Å²) in [5.41, 5.74) is 4.81. The lowest BCUT2D eigenvalue weighted by Gasteiger charge is -2.05. The lowest BCUT2D eigenvalue weighted by molar-refractivity contribution is -0.170. The van der Waals surface area contributed by atoms with Gasteiger partial charge in [-0.15, -0.1) is 0 Å². The van der Waals surface area contributed by atoms with E-state index in [1.165, 1.54) is 0 Å². The first-order valence-corrected chi connectivity index (χ1v) is 2.56. The normalized spacial score (nSPS) is 13.5. The van der Waals surface area contributed by atoms with Crippen LogP contribution < -0.4 is 5.73 Å². The molecule has 0 fully saturated rings. The average Bonchev–Trinajstić information content (AvgIpc) is 1.85. The third kappa shape index (κ3) is 6.91. The third-order valence-electron chi connectivity index (χ3n) is 0.644. The predicted molar refractivity (Wildman–Crippen MR) is 30.3 cm³/mol. The molecule has 66 valence electrons.